The van der Waals surface area contributed by atoms with Crippen molar-refractivity contribution in [2.45, 2.75) is 39.5 Å². The summed E-state index contributed by atoms with van der Waals surface area (Å²) in [6, 6.07) is 3.78. The summed E-state index contributed by atoms with van der Waals surface area (Å²) < 4.78 is 5.50. The summed E-state index contributed by atoms with van der Waals surface area (Å²) in [5.74, 6) is 1.13. The van der Waals surface area contributed by atoms with E-state index >= 15 is 0 Å². The third-order valence-electron chi connectivity index (χ3n) is 5.70. The van der Waals surface area contributed by atoms with Crippen LogP contribution in [0.4, 0.5) is 5.13 Å². The number of amides is 1. The molecule has 0 aliphatic heterocycles. The van der Waals surface area contributed by atoms with Gasteiger partial charge in [0.15, 0.2) is 15.6 Å². The molecule has 0 saturated heterocycles. The second-order valence-corrected chi connectivity index (χ2v) is 9.32. The van der Waals surface area contributed by atoms with Crippen LogP contribution in [0.1, 0.15) is 46.7 Å². The maximum absolute atomic E-state index is 13.3. The molecule has 4 aromatic rings. The maximum Gasteiger partial charge on any atom is 0.259 e. The number of hydrogen-bond acceptors (Lipinski definition) is 8. The Morgan fingerprint density at radius 2 is 1.82 bits per heavy atom. The van der Waals surface area contributed by atoms with Crippen molar-refractivity contribution in [2.24, 2.45) is 5.92 Å². The molecule has 1 aliphatic rings. The van der Waals surface area contributed by atoms with Crippen LogP contribution in [0.25, 0.3) is 21.6 Å². The Balaban J connectivity index is 1.43. The van der Waals surface area contributed by atoms with Crippen molar-refractivity contribution in [3.8, 4) is 16.9 Å². The molecule has 1 amide bonds. The van der Waals surface area contributed by atoms with E-state index in [0.29, 0.717) is 22.1 Å². The third-order valence-corrected chi connectivity index (χ3v) is 6.55. The van der Waals surface area contributed by atoms with Crippen LogP contribution in [-0.2, 0) is 6.42 Å². The van der Waals surface area contributed by atoms with E-state index in [1.807, 2.05) is 26.0 Å². The van der Waals surface area contributed by atoms with Crippen molar-refractivity contribution in [2.75, 3.05) is 12.4 Å². The fourth-order valence-corrected chi connectivity index (χ4v) is 4.55. The molecule has 0 bridgehead atoms. The highest BCUT2D eigenvalue weighted by Gasteiger charge is 2.22. The molecule has 0 radical (unpaired) electrons. The van der Waals surface area contributed by atoms with Gasteiger partial charge in [0.2, 0.25) is 0 Å². The molecule has 5 rings (SSSR count). The number of methoxy groups -OCH3 is 1. The van der Waals surface area contributed by atoms with Crippen LogP contribution in [0.3, 0.4) is 0 Å². The lowest BCUT2D eigenvalue weighted by atomic mass is 9.99. The lowest BCUT2D eigenvalue weighted by Gasteiger charge is -2.13. The van der Waals surface area contributed by atoms with Crippen LogP contribution >= 0.6 is 11.3 Å². The topological polar surface area (TPSA) is 103 Å². The Labute approximate surface area is 195 Å². The maximum atomic E-state index is 13.3. The van der Waals surface area contributed by atoms with Gasteiger partial charge in [-0.15, -0.1) is 0 Å². The van der Waals surface area contributed by atoms with Gasteiger partial charge >= 0.3 is 0 Å². The van der Waals surface area contributed by atoms with Gasteiger partial charge in [-0.1, -0.05) is 24.2 Å². The first kappa shape index (κ1) is 21.4. The predicted octanol–water partition coefficient (Wildman–Crippen LogP) is 4.76. The number of aromatic nitrogens is 5. The molecular formula is C24H24N6O2S. The van der Waals surface area contributed by atoms with Crippen molar-refractivity contribution in [1.82, 2.24) is 24.9 Å². The zero-order chi connectivity index (χ0) is 22.9. The van der Waals surface area contributed by atoms with E-state index in [2.05, 4.69) is 25.3 Å². The highest BCUT2D eigenvalue weighted by atomic mass is 32.1. The molecular weight excluding hydrogens is 436 g/mol. The van der Waals surface area contributed by atoms with E-state index < -0.39 is 0 Å². The second-order valence-electron chi connectivity index (χ2n) is 8.34. The van der Waals surface area contributed by atoms with Crippen LogP contribution < -0.4 is 10.1 Å². The minimum atomic E-state index is -0.304. The van der Waals surface area contributed by atoms with Gasteiger partial charge < -0.3 is 4.74 Å². The monoisotopic (exact) mass is 460 g/mol. The first-order valence-corrected chi connectivity index (χ1v) is 11.7. The van der Waals surface area contributed by atoms with Crippen molar-refractivity contribution < 1.29 is 9.53 Å². The molecule has 4 heterocycles. The number of pyridine rings is 2. The third kappa shape index (κ3) is 4.68. The number of carbonyl (C=O) groups is 1. The molecule has 1 fully saturated rings. The van der Waals surface area contributed by atoms with Gasteiger partial charge in [-0.2, -0.15) is 4.98 Å². The average Bonchev–Trinajstić information content (AvgIpc) is 3.55. The molecule has 1 saturated carbocycles. The number of hydrogen-bond donors (Lipinski definition) is 1. The summed E-state index contributed by atoms with van der Waals surface area (Å²) in [5, 5.41) is 3.36. The first-order valence-electron chi connectivity index (χ1n) is 10.9. The molecule has 0 aromatic carbocycles. The summed E-state index contributed by atoms with van der Waals surface area (Å²) >= 11 is 1.33. The number of nitrogens with one attached hydrogen (secondary N) is 1. The van der Waals surface area contributed by atoms with Gasteiger partial charge in [0.1, 0.15) is 5.75 Å². The first-order chi connectivity index (χ1) is 16.0. The normalized spacial score (nSPS) is 13.3. The van der Waals surface area contributed by atoms with Crippen molar-refractivity contribution in [3.63, 3.8) is 0 Å². The molecule has 9 heteroatoms. The molecule has 0 spiro atoms. The van der Waals surface area contributed by atoms with Crippen molar-refractivity contribution in [3.05, 3.63) is 53.4 Å². The summed E-state index contributed by atoms with van der Waals surface area (Å²) in [7, 11) is 1.59. The summed E-state index contributed by atoms with van der Waals surface area (Å²) in [5.41, 5.74) is 5.07. The van der Waals surface area contributed by atoms with E-state index in [1.54, 1.807) is 25.7 Å². The van der Waals surface area contributed by atoms with Crippen LogP contribution in [0.2, 0.25) is 0 Å². The van der Waals surface area contributed by atoms with Gasteiger partial charge in [0, 0.05) is 28.7 Å². The Bertz CT molecular complexity index is 1350. The summed E-state index contributed by atoms with van der Waals surface area (Å²) in [6.45, 7) is 3.79. The number of anilines is 1. The Morgan fingerprint density at radius 1 is 1.06 bits per heavy atom. The number of thiazole rings is 1. The van der Waals surface area contributed by atoms with Crippen LogP contribution in [0.5, 0.6) is 5.75 Å². The quantitative estimate of drug-likeness (QED) is 0.424. The van der Waals surface area contributed by atoms with Crippen LogP contribution in [-0.4, -0.2) is 37.9 Å². The predicted molar refractivity (Wildman–Crippen MR) is 128 cm³/mol. The van der Waals surface area contributed by atoms with E-state index in [0.717, 1.165) is 51.8 Å². The van der Waals surface area contributed by atoms with Crippen LogP contribution in [0.15, 0.2) is 30.7 Å². The molecule has 8 nitrogen and oxygen atoms in total. The fourth-order valence-electron chi connectivity index (χ4n) is 3.74. The summed E-state index contributed by atoms with van der Waals surface area (Å²) in [4.78, 5) is 36.2. The lowest BCUT2D eigenvalue weighted by molar-refractivity contribution is 0.102. The highest BCUT2D eigenvalue weighted by Crippen LogP contribution is 2.34. The number of carbonyl (C=O) groups excluding carboxylic acids is 1. The minimum Gasteiger partial charge on any atom is -0.494 e. The molecule has 0 atom stereocenters. The summed E-state index contributed by atoms with van der Waals surface area (Å²) in [6.07, 6.45) is 9.77. The van der Waals surface area contributed by atoms with Gasteiger partial charge in [0.05, 0.1) is 30.8 Å². The number of fused-ring (bicyclic) bond motifs is 1. The van der Waals surface area contributed by atoms with Crippen molar-refractivity contribution >= 4 is 32.9 Å². The Morgan fingerprint density at radius 3 is 2.58 bits per heavy atom. The van der Waals surface area contributed by atoms with E-state index in [-0.39, 0.29) is 5.91 Å². The Kier molecular flexibility index (Phi) is 5.72. The number of nitrogens with zero attached hydrogens (tertiary/aromatic N) is 5. The molecule has 1 N–H and O–H groups in total. The molecule has 168 valence electrons. The van der Waals surface area contributed by atoms with Crippen LogP contribution in [0, 0.1) is 19.8 Å². The molecule has 0 unspecified atom stereocenters. The Hall–Kier alpha value is -3.46. The SMILES string of the molecule is COc1cnc(C)cc1-c1cc(C)ncc1C(=O)Nc1nc2ncc(CCC3CC3)nc2s1. The molecule has 4 aromatic heterocycles. The zero-order valence-corrected chi connectivity index (χ0v) is 19.6. The standard InChI is InChI=1S/C24H24N6O2S/c1-13-8-17(18-9-14(2)26-12-20(18)32-3)19(11-25-13)22(31)30-24-29-21-23(33-24)28-16(10-27-21)7-6-15-4-5-15/h8-12,15H,4-7H2,1-3H3,(H,27,29,30,31). The van der Waals surface area contributed by atoms with Gasteiger partial charge in [-0.25, -0.2) is 9.97 Å². The van der Waals surface area contributed by atoms with Gasteiger partial charge in [-0.05, 0) is 44.7 Å². The van der Waals surface area contributed by atoms with E-state index in [4.69, 9.17) is 9.72 Å². The van der Waals surface area contributed by atoms with E-state index in [9.17, 15) is 4.79 Å². The van der Waals surface area contributed by atoms with Gasteiger partial charge in [0.25, 0.3) is 5.91 Å². The van der Waals surface area contributed by atoms with Gasteiger partial charge in [-0.3, -0.25) is 20.1 Å². The molecule has 1 aliphatic carbocycles. The minimum absolute atomic E-state index is 0.304. The lowest BCUT2D eigenvalue weighted by Crippen LogP contribution is -2.14. The highest BCUT2D eigenvalue weighted by molar-refractivity contribution is 7.21. The second kappa shape index (κ2) is 8.82. The van der Waals surface area contributed by atoms with Crippen molar-refractivity contribution in [1.29, 1.82) is 0 Å². The fraction of sp³-hybridized carbons (Fsp3) is 0.333. The number of rotatable bonds is 7. The smallest absolute Gasteiger partial charge is 0.259 e. The zero-order valence-electron chi connectivity index (χ0n) is 18.8. The molecule has 33 heavy (non-hydrogen) atoms. The number of aryl methyl sites for hydroxylation is 3. The largest absolute Gasteiger partial charge is 0.494 e. The van der Waals surface area contributed by atoms with E-state index in [1.165, 1.54) is 24.2 Å². The number of ether oxygens (including phenoxy) is 1. The average molecular weight is 461 g/mol.